The van der Waals surface area contributed by atoms with E-state index in [1.54, 1.807) is 7.11 Å². The number of carboxylic acid groups (broad SMARTS) is 1. The number of nitrogens with one attached hydrogen (secondary N) is 1. The molecule has 0 aliphatic rings. The fourth-order valence-electron chi connectivity index (χ4n) is 2.28. The quantitative estimate of drug-likeness (QED) is 0.722. The Morgan fingerprint density at radius 1 is 1.30 bits per heavy atom. The molecule has 0 atom stereocenters. The summed E-state index contributed by atoms with van der Waals surface area (Å²) in [6, 6.07) is 7.77. The van der Waals surface area contributed by atoms with Gasteiger partial charge in [-0.3, -0.25) is 4.79 Å². The van der Waals surface area contributed by atoms with E-state index in [-0.39, 0.29) is 6.42 Å². The molecule has 0 radical (unpaired) electrons. The van der Waals surface area contributed by atoms with Crippen LogP contribution < -0.4 is 10.1 Å². The molecule has 118 valence electrons. The van der Waals surface area contributed by atoms with Crippen molar-refractivity contribution >= 4 is 33.3 Å². The molecule has 3 rings (SSSR count). The molecular weight excluding hydrogens is 314 g/mol. The van der Waals surface area contributed by atoms with Gasteiger partial charge in [0.15, 0.2) is 0 Å². The summed E-state index contributed by atoms with van der Waals surface area (Å²) in [5.41, 5.74) is 2.05. The number of aliphatic carboxylic acids is 1. The van der Waals surface area contributed by atoms with Crippen LogP contribution in [-0.4, -0.2) is 34.7 Å². The number of hydrogen-bond donors (Lipinski definition) is 2. The van der Waals surface area contributed by atoms with Crippen molar-refractivity contribution in [3.05, 3.63) is 36.0 Å². The molecule has 0 spiro atoms. The molecule has 2 aromatic heterocycles. The third-order valence-corrected chi connectivity index (χ3v) is 4.29. The molecule has 2 heterocycles. The van der Waals surface area contributed by atoms with Crippen molar-refractivity contribution in [1.82, 2.24) is 9.97 Å². The van der Waals surface area contributed by atoms with E-state index in [1.807, 2.05) is 29.6 Å². The van der Waals surface area contributed by atoms with Gasteiger partial charge in [-0.2, -0.15) is 0 Å². The second-order valence-corrected chi connectivity index (χ2v) is 5.71. The topological polar surface area (TPSA) is 84.3 Å². The van der Waals surface area contributed by atoms with Gasteiger partial charge in [0, 0.05) is 17.5 Å². The maximum atomic E-state index is 10.7. The molecular formula is C16H15N3O3S. The number of rotatable bonds is 6. The molecule has 0 saturated heterocycles. The number of carboxylic acids is 1. The Morgan fingerprint density at radius 3 is 2.78 bits per heavy atom. The molecule has 0 amide bonds. The molecule has 0 unspecified atom stereocenters. The second kappa shape index (κ2) is 6.62. The number of hydrogen-bond acceptors (Lipinski definition) is 6. The van der Waals surface area contributed by atoms with Crippen LogP contribution in [0.3, 0.4) is 0 Å². The highest BCUT2D eigenvalue weighted by molar-refractivity contribution is 7.17. The standard InChI is InChI=1S/C16H15N3O3S/c1-22-11-4-2-10(3-5-11)12-8-23-16-14(12)15(18-9-19-16)17-7-6-13(20)21/h2-5,8-9H,6-7H2,1H3,(H,20,21)(H,17,18,19). The van der Waals surface area contributed by atoms with Crippen LogP contribution in [0.25, 0.3) is 21.3 Å². The van der Waals surface area contributed by atoms with Crippen LogP contribution in [0.2, 0.25) is 0 Å². The van der Waals surface area contributed by atoms with Gasteiger partial charge in [0.05, 0.1) is 18.9 Å². The average molecular weight is 329 g/mol. The normalized spacial score (nSPS) is 10.7. The van der Waals surface area contributed by atoms with Crippen molar-refractivity contribution in [3.8, 4) is 16.9 Å². The summed E-state index contributed by atoms with van der Waals surface area (Å²) < 4.78 is 5.18. The lowest BCUT2D eigenvalue weighted by Crippen LogP contribution is -2.09. The Morgan fingerprint density at radius 2 is 2.09 bits per heavy atom. The summed E-state index contributed by atoms with van der Waals surface area (Å²) >= 11 is 1.53. The van der Waals surface area contributed by atoms with E-state index in [2.05, 4.69) is 15.3 Å². The first kappa shape index (κ1) is 15.2. The number of nitrogens with zero attached hydrogens (tertiary/aromatic N) is 2. The van der Waals surface area contributed by atoms with E-state index >= 15 is 0 Å². The molecule has 6 nitrogen and oxygen atoms in total. The summed E-state index contributed by atoms with van der Waals surface area (Å²) in [5, 5.41) is 14.8. The SMILES string of the molecule is COc1ccc(-c2csc3ncnc(NCCC(=O)O)c23)cc1. The minimum absolute atomic E-state index is 0.0352. The van der Waals surface area contributed by atoms with Crippen LogP contribution >= 0.6 is 11.3 Å². The Hall–Kier alpha value is -2.67. The van der Waals surface area contributed by atoms with E-state index in [1.165, 1.54) is 17.7 Å². The zero-order valence-electron chi connectivity index (χ0n) is 12.4. The van der Waals surface area contributed by atoms with Crippen molar-refractivity contribution < 1.29 is 14.6 Å². The van der Waals surface area contributed by atoms with E-state index in [9.17, 15) is 4.79 Å². The molecule has 0 bridgehead atoms. The Labute approximate surface area is 136 Å². The van der Waals surface area contributed by atoms with Crippen LogP contribution in [-0.2, 0) is 4.79 Å². The van der Waals surface area contributed by atoms with Gasteiger partial charge >= 0.3 is 5.97 Å². The third kappa shape index (κ3) is 3.24. The molecule has 0 saturated carbocycles. The lowest BCUT2D eigenvalue weighted by Gasteiger charge is -2.07. The number of aromatic nitrogens is 2. The predicted octanol–water partition coefficient (Wildman–Crippen LogP) is 3.25. The van der Waals surface area contributed by atoms with E-state index in [4.69, 9.17) is 9.84 Å². The molecule has 0 aliphatic heterocycles. The third-order valence-electron chi connectivity index (χ3n) is 3.40. The highest BCUT2D eigenvalue weighted by atomic mass is 32.1. The van der Waals surface area contributed by atoms with Gasteiger partial charge in [-0.05, 0) is 17.7 Å². The Balaban J connectivity index is 1.98. The van der Waals surface area contributed by atoms with Crippen LogP contribution in [0.4, 0.5) is 5.82 Å². The van der Waals surface area contributed by atoms with Crippen molar-refractivity contribution in [1.29, 1.82) is 0 Å². The minimum atomic E-state index is -0.844. The number of thiophene rings is 1. The second-order valence-electron chi connectivity index (χ2n) is 4.85. The maximum Gasteiger partial charge on any atom is 0.305 e. The monoisotopic (exact) mass is 329 g/mol. The lowest BCUT2D eigenvalue weighted by molar-refractivity contribution is -0.136. The summed E-state index contributed by atoms with van der Waals surface area (Å²) in [6.45, 7) is 0.319. The van der Waals surface area contributed by atoms with Crippen LogP contribution in [0, 0.1) is 0 Å². The Kier molecular flexibility index (Phi) is 4.38. The van der Waals surface area contributed by atoms with Gasteiger partial charge in [0.2, 0.25) is 0 Å². The van der Waals surface area contributed by atoms with Gasteiger partial charge in [0.25, 0.3) is 0 Å². The fourth-order valence-corrected chi connectivity index (χ4v) is 3.20. The zero-order chi connectivity index (χ0) is 16.2. The fraction of sp³-hybridized carbons (Fsp3) is 0.188. The zero-order valence-corrected chi connectivity index (χ0v) is 13.3. The number of ether oxygens (including phenoxy) is 1. The summed E-state index contributed by atoms with van der Waals surface area (Å²) in [6.07, 6.45) is 1.52. The average Bonchev–Trinajstić information content (AvgIpc) is 2.99. The van der Waals surface area contributed by atoms with Crippen LogP contribution in [0.5, 0.6) is 5.75 Å². The van der Waals surface area contributed by atoms with E-state index in [0.717, 1.165) is 27.1 Å². The summed E-state index contributed by atoms with van der Waals surface area (Å²) in [5.74, 6) is 0.608. The van der Waals surface area contributed by atoms with Crippen molar-refractivity contribution in [2.24, 2.45) is 0 Å². The summed E-state index contributed by atoms with van der Waals surface area (Å²) in [7, 11) is 1.63. The highest BCUT2D eigenvalue weighted by Gasteiger charge is 2.13. The van der Waals surface area contributed by atoms with Gasteiger partial charge < -0.3 is 15.2 Å². The Bertz CT molecular complexity index is 830. The first-order valence-electron chi connectivity index (χ1n) is 7.01. The predicted molar refractivity (Wildman–Crippen MR) is 90.1 cm³/mol. The molecule has 3 aromatic rings. The van der Waals surface area contributed by atoms with Crippen molar-refractivity contribution in [2.75, 3.05) is 19.0 Å². The number of methoxy groups -OCH3 is 1. The largest absolute Gasteiger partial charge is 0.497 e. The van der Waals surface area contributed by atoms with Gasteiger partial charge in [-0.1, -0.05) is 12.1 Å². The van der Waals surface area contributed by atoms with Crippen LogP contribution in [0.15, 0.2) is 36.0 Å². The smallest absolute Gasteiger partial charge is 0.305 e. The van der Waals surface area contributed by atoms with Gasteiger partial charge in [-0.25, -0.2) is 9.97 Å². The highest BCUT2D eigenvalue weighted by Crippen LogP contribution is 2.36. The molecule has 23 heavy (non-hydrogen) atoms. The molecule has 2 N–H and O–H groups in total. The number of carbonyl (C=O) groups is 1. The molecule has 7 heteroatoms. The van der Waals surface area contributed by atoms with Crippen molar-refractivity contribution in [2.45, 2.75) is 6.42 Å². The lowest BCUT2D eigenvalue weighted by atomic mass is 10.1. The van der Waals surface area contributed by atoms with Gasteiger partial charge in [-0.15, -0.1) is 11.3 Å². The van der Waals surface area contributed by atoms with Crippen molar-refractivity contribution in [3.63, 3.8) is 0 Å². The molecule has 0 aliphatic carbocycles. The van der Waals surface area contributed by atoms with Crippen LogP contribution in [0.1, 0.15) is 6.42 Å². The first-order valence-corrected chi connectivity index (χ1v) is 7.89. The van der Waals surface area contributed by atoms with Gasteiger partial charge in [0.1, 0.15) is 22.7 Å². The number of anilines is 1. The van der Waals surface area contributed by atoms with E-state index < -0.39 is 5.97 Å². The summed E-state index contributed by atoms with van der Waals surface area (Å²) in [4.78, 5) is 20.1. The molecule has 0 fully saturated rings. The first-order chi connectivity index (χ1) is 11.2. The minimum Gasteiger partial charge on any atom is -0.497 e. The number of benzene rings is 1. The van der Waals surface area contributed by atoms with E-state index in [0.29, 0.717) is 12.4 Å². The molecule has 1 aromatic carbocycles. The number of fused-ring (bicyclic) bond motifs is 1. The maximum absolute atomic E-state index is 10.7.